The van der Waals surface area contributed by atoms with Crippen LogP contribution >= 0.6 is 31.9 Å². The molecule has 0 unspecified atom stereocenters. The normalized spacial score (nSPS) is 10.8. The topological polar surface area (TPSA) is 47.3 Å². The predicted molar refractivity (Wildman–Crippen MR) is 80.0 cm³/mol. The molecular weight excluding hydrogens is 376 g/mol. The van der Waals surface area contributed by atoms with Crippen molar-refractivity contribution >= 4 is 31.9 Å². The molecule has 2 rings (SSSR count). The van der Waals surface area contributed by atoms with E-state index >= 15 is 0 Å². The zero-order valence-electron chi connectivity index (χ0n) is 10.7. The monoisotopic (exact) mass is 388 g/mol. The van der Waals surface area contributed by atoms with Crippen molar-refractivity contribution in [2.45, 2.75) is 20.1 Å². The molecule has 0 aliphatic heterocycles. The molecule has 0 bridgehead atoms. The van der Waals surface area contributed by atoms with E-state index in [-0.39, 0.29) is 6.61 Å². The summed E-state index contributed by atoms with van der Waals surface area (Å²) in [7, 11) is 1.89. The van der Waals surface area contributed by atoms with E-state index in [4.69, 9.17) is 9.84 Å². The molecule has 0 saturated carbocycles. The summed E-state index contributed by atoms with van der Waals surface area (Å²) < 4.78 is 9.24. The van der Waals surface area contributed by atoms with E-state index in [0.29, 0.717) is 6.61 Å². The summed E-state index contributed by atoms with van der Waals surface area (Å²) in [5, 5.41) is 13.4. The van der Waals surface area contributed by atoms with Crippen molar-refractivity contribution in [1.82, 2.24) is 9.78 Å². The molecule has 19 heavy (non-hydrogen) atoms. The summed E-state index contributed by atoms with van der Waals surface area (Å²) in [6, 6.07) is 5.67. The van der Waals surface area contributed by atoms with Gasteiger partial charge in [-0.3, -0.25) is 4.68 Å². The summed E-state index contributed by atoms with van der Waals surface area (Å²) >= 11 is 6.90. The minimum absolute atomic E-state index is 0.00158. The van der Waals surface area contributed by atoms with Crippen LogP contribution in [0.5, 0.6) is 5.75 Å². The molecular formula is C13H14Br2N2O2. The van der Waals surface area contributed by atoms with Crippen LogP contribution in [0.25, 0.3) is 0 Å². The van der Waals surface area contributed by atoms with Crippen LogP contribution in [0.1, 0.15) is 17.0 Å². The van der Waals surface area contributed by atoms with Gasteiger partial charge in [-0.2, -0.15) is 5.10 Å². The Morgan fingerprint density at radius 2 is 1.89 bits per heavy atom. The van der Waals surface area contributed by atoms with Gasteiger partial charge in [-0.05, 0) is 62.5 Å². The molecule has 1 N–H and O–H groups in total. The van der Waals surface area contributed by atoms with Gasteiger partial charge in [0.05, 0.1) is 26.9 Å². The molecule has 102 valence electrons. The minimum atomic E-state index is -0.00158. The van der Waals surface area contributed by atoms with Gasteiger partial charge in [-0.25, -0.2) is 0 Å². The van der Waals surface area contributed by atoms with Crippen molar-refractivity contribution in [2.75, 3.05) is 0 Å². The number of halogens is 2. The number of benzene rings is 1. The maximum Gasteiger partial charge on any atom is 0.148 e. The third kappa shape index (κ3) is 3.38. The average Bonchev–Trinajstić information content (AvgIpc) is 2.66. The zero-order chi connectivity index (χ0) is 14.0. The number of nitrogens with zero attached hydrogens (tertiary/aromatic N) is 2. The minimum Gasteiger partial charge on any atom is -0.485 e. The highest BCUT2D eigenvalue weighted by Crippen LogP contribution is 2.35. The summed E-state index contributed by atoms with van der Waals surface area (Å²) in [5.41, 5.74) is 2.79. The predicted octanol–water partition coefficient (Wildman–Crippen LogP) is 3.32. The molecule has 1 heterocycles. The first-order valence-corrected chi connectivity index (χ1v) is 7.31. The molecule has 0 aliphatic carbocycles. The highest BCUT2D eigenvalue weighted by molar-refractivity contribution is 9.11. The molecule has 6 heteroatoms. The van der Waals surface area contributed by atoms with Gasteiger partial charge in [-0.15, -0.1) is 0 Å². The van der Waals surface area contributed by atoms with Crippen LogP contribution in [-0.2, 0) is 20.3 Å². The first kappa shape index (κ1) is 14.6. The van der Waals surface area contributed by atoms with Crippen molar-refractivity contribution in [2.24, 2.45) is 7.05 Å². The molecule has 0 atom stereocenters. The fourth-order valence-corrected chi connectivity index (χ4v) is 3.30. The van der Waals surface area contributed by atoms with E-state index in [0.717, 1.165) is 31.6 Å². The molecule has 0 spiro atoms. The number of hydrogen-bond donors (Lipinski definition) is 1. The van der Waals surface area contributed by atoms with Gasteiger partial charge < -0.3 is 9.84 Å². The summed E-state index contributed by atoms with van der Waals surface area (Å²) in [6.07, 6.45) is 0. The van der Waals surface area contributed by atoms with E-state index in [9.17, 15) is 0 Å². The number of ether oxygens (including phenoxy) is 1. The van der Waals surface area contributed by atoms with Crippen LogP contribution in [0.3, 0.4) is 0 Å². The Balaban J connectivity index is 2.18. The molecule has 0 amide bonds. The average molecular weight is 390 g/mol. The lowest BCUT2D eigenvalue weighted by Gasteiger charge is -2.11. The second kappa shape index (κ2) is 6.07. The second-order valence-electron chi connectivity index (χ2n) is 4.24. The van der Waals surface area contributed by atoms with E-state index in [1.54, 1.807) is 4.68 Å². The van der Waals surface area contributed by atoms with Crippen molar-refractivity contribution in [3.63, 3.8) is 0 Å². The third-order valence-electron chi connectivity index (χ3n) is 2.70. The van der Waals surface area contributed by atoms with Crippen LogP contribution in [0.2, 0.25) is 0 Å². The second-order valence-corrected chi connectivity index (χ2v) is 5.94. The lowest BCUT2D eigenvalue weighted by Crippen LogP contribution is -2.04. The summed E-state index contributed by atoms with van der Waals surface area (Å²) in [4.78, 5) is 0. The molecule has 0 fully saturated rings. The van der Waals surface area contributed by atoms with Gasteiger partial charge in [-0.1, -0.05) is 0 Å². The molecule has 0 saturated heterocycles. The molecule has 0 aliphatic rings. The molecule has 1 aromatic carbocycles. The van der Waals surface area contributed by atoms with Gasteiger partial charge in [0.25, 0.3) is 0 Å². The fraction of sp³-hybridized carbons (Fsp3) is 0.308. The van der Waals surface area contributed by atoms with Crippen LogP contribution in [0, 0.1) is 6.92 Å². The standard InChI is InChI=1S/C13H14Br2N2O2/c1-8-3-10(17(2)16-8)7-19-13-11(14)4-9(6-18)5-12(13)15/h3-5,18H,6-7H2,1-2H3. The lowest BCUT2D eigenvalue weighted by molar-refractivity contribution is 0.279. The van der Waals surface area contributed by atoms with Gasteiger partial charge in [0, 0.05) is 7.05 Å². The highest BCUT2D eigenvalue weighted by Gasteiger charge is 2.10. The van der Waals surface area contributed by atoms with Crippen molar-refractivity contribution in [1.29, 1.82) is 0 Å². The SMILES string of the molecule is Cc1cc(COc2c(Br)cc(CO)cc2Br)n(C)n1. The van der Waals surface area contributed by atoms with Crippen LogP contribution in [-0.4, -0.2) is 14.9 Å². The van der Waals surface area contributed by atoms with Crippen LogP contribution in [0.15, 0.2) is 27.1 Å². The first-order chi connectivity index (χ1) is 9.01. The Bertz CT molecular complexity index is 573. The van der Waals surface area contributed by atoms with Crippen molar-refractivity contribution in [3.8, 4) is 5.75 Å². The molecule has 4 nitrogen and oxygen atoms in total. The van der Waals surface area contributed by atoms with E-state index in [2.05, 4.69) is 37.0 Å². The zero-order valence-corrected chi connectivity index (χ0v) is 13.8. The Labute approximate surface area is 128 Å². The largest absolute Gasteiger partial charge is 0.485 e. The van der Waals surface area contributed by atoms with Crippen LogP contribution < -0.4 is 4.74 Å². The van der Waals surface area contributed by atoms with Crippen LogP contribution in [0.4, 0.5) is 0 Å². The highest BCUT2D eigenvalue weighted by atomic mass is 79.9. The Hall–Kier alpha value is -0.850. The fourth-order valence-electron chi connectivity index (χ4n) is 1.79. The van der Waals surface area contributed by atoms with Gasteiger partial charge >= 0.3 is 0 Å². The quantitative estimate of drug-likeness (QED) is 0.872. The Morgan fingerprint density at radius 1 is 1.26 bits per heavy atom. The van der Waals surface area contributed by atoms with Gasteiger partial charge in [0.1, 0.15) is 12.4 Å². The molecule has 2 aromatic rings. The molecule has 0 radical (unpaired) electrons. The maximum absolute atomic E-state index is 9.13. The lowest BCUT2D eigenvalue weighted by atomic mass is 10.2. The summed E-state index contributed by atoms with van der Waals surface area (Å²) in [5.74, 6) is 0.719. The Kier molecular flexibility index (Phi) is 4.65. The third-order valence-corrected chi connectivity index (χ3v) is 3.88. The number of hydrogen-bond acceptors (Lipinski definition) is 3. The number of aryl methyl sites for hydroxylation is 2. The van der Waals surface area contributed by atoms with E-state index in [1.165, 1.54) is 0 Å². The number of aliphatic hydroxyl groups is 1. The van der Waals surface area contributed by atoms with E-state index < -0.39 is 0 Å². The molecule has 1 aromatic heterocycles. The van der Waals surface area contributed by atoms with Gasteiger partial charge in [0.2, 0.25) is 0 Å². The first-order valence-electron chi connectivity index (χ1n) is 5.72. The van der Waals surface area contributed by atoms with Gasteiger partial charge in [0.15, 0.2) is 0 Å². The smallest absolute Gasteiger partial charge is 0.148 e. The maximum atomic E-state index is 9.13. The Morgan fingerprint density at radius 3 is 2.37 bits per heavy atom. The summed E-state index contributed by atoms with van der Waals surface area (Å²) in [6.45, 7) is 2.39. The van der Waals surface area contributed by atoms with E-state index in [1.807, 2.05) is 32.2 Å². The number of rotatable bonds is 4. The number of aliphatic hydroxyl groups excluding tert-OH is 1. The number of aromatic nitrogens is 2. The van der Waals surface area contributed by atoms with Crippen molar-refractivity contribution in [3.05, 3.63) is 44.1 Å². The van der Waals surface area contributed by atoms with Crippen molar-refractivity contribution < 1.29 is 9.84 Å².